The molecule has 2 aromatic rings. The SMILES string of the molecule is NC(=O)C[C@@H](C(=O)Nc1cc(F)ccc1O)c1ccccc1. The Balaban J connectivity index is 2.26. The van der Waals surface area contributed by atoms with Crippen LogP contribution in [0.1, 0.15) is 17.9 Å². The Kier molecular flexibility index (Phi) is 4.73. The van der Waals surface area contributed by atoms with Gasteiger partial charge in [0.1, 0.15) is 11.6 Å². The average Bonchev–Trinajstić information content (AvgIpc) is 2.49. The van der Waals surface area contributed by atoms with Crippen molar-refractivity contribution in [2.75, 3.05) is 5.32 Å². The van der Waals surface area contributed by atoms with Crippen LogP contribution in [0, 0.1) is 5.82 Å². The van der Waals surface area contributed by atoms with Gasteiger partial charge in [-0.25, -0.2) is 4.39 Å². The first-order chi connectivity index (χ1) is 10.5. The van der Waals surface area contributed by atoms with Gasteiger partial charge < -0.3 is 16.2 Å². The summed E-state index contributed by atoms with van der Waals surface area (Å²) < 4.78 is 13.2. The van der Waals surface area contributed by atoms with E-state index in [1.165, 1.54) is 0 Å². The minimum absolute atomic E-state index is 0.0598. The number of phenolic OH excluding ortho intramolecular Hbond substituents is 1. The van der Waals surface area contributed by atoms with Crippen LogP contribution in [0.2, 0.25) is 0 Å². The van der Waals surface area contributed by atoms with E-state index in [1.807, 2.05) is 0 Å². The predicted molar refractivity (Wildman–Crippen MR) is 79.7 cm³/mol. The zero-order valence-electron chi connectivity index (χ0n) is 11.6. The van der Waals surface area contributed by atoms with Gasteiger partial charge in [-0.05, 0) is 17.7 Å². The van der Waals surface area contributed by atoms with E-state index < -0.39 is 23.5 Å². The summed E-state index contributed by atoms with van der Waals surface area (Å²) in [7, 11) is 0. The Morgan fingerprint density at radius 3 is 2.50 bits per heavy atom. The van der Waals surface area contributed by atoms with Crippen LogP contribution < -0.4 is 11.1 Å². The Hall–Kier alpha value is -2.89. The van der Waals surface area contributed by atoms with Crippen LogP contribution in [0.3, 0.4) is 0 Å². The van der Waals surface area contributed by atoms with E-state index in [0.29, 0.717) is 5.56 Å². The van der Waals surface area contributed by atoms with Crippen LogP contribution in [0.5, 0.6) is 5.75 Å². The molecule has 0 radical (unpaired) electrons. The number of benzene rings is 2. The molecule has 4 N–H and O–H groups in total. The minimum atomic E-state index is -0.818. The van der Waals surface area contributed by atoms with Crippen molar-refractivity contribution < 1.29 is 19.1 Å². The molecule has 1 atom stereocenters. The van der Waals surface area contributed by atoms with Gasteiger partial charge in [0.2, 0.25) is 11.8 Å². The molecule has 2 amide bonds. The van der Waals surface area contributed by atoms with Gasteiger partial charge in [-0.15, -0.1) is 0 Å². The van der Waals surface area contributed by atoms with Gasteiger partial charge in [-0.2, -0.15) is 0 Å². The van der Waals surface area contributed by atoms with Gasteiger partial charge in [-0.1, -0.05) is 30.3 Å². The lowest BCUT2D eigenvalue weighted by atomic mass is 9.94. The van der Waals surface area contributed by atoms with Gasteiger partial charge >= 0.3 is 0 Å². The highest BCUT2D eigenvalue weighted by molar-refractivity contribution is 5.99. The van der Waals surface area contributed by atoms with E-state index >= 15 is 0 Å². The molecule has 114 valence electrons. The summed E-state index contributed by atoms with van der Waals surface area (Å²) in [6.07, 6.45) is -0.189. The van der Waals surface area contributed by atoms with Crippen molar-refractivity contribution in [1.29, 1.82) is 0 Å². The van der Waals surface area contributed by atoms with Crippen LogP contribution in [-0.2, 0) is 9.59 Å². The molecule has 0 fully saturated rings. The quantitative estimate of drug-likeness (QED) is 0.739. The summed E-state index contributed by atoms with van der Waals surface area (Å²) in [5.74, 6) is -2.86. The predicted octanol–water partition coefficient (Wildman–Crippen LogP) is 2.13. The summed E-state index contributed by atoms with van der Waals surface area (Å²) in [5.41, 5.74) is 5.73. The average molecular weight is 302 g/mol. The minimum Gasteiger partial charge on any atom is -0.506 e. The van der Waals surface area contributed by atoms with Crippen molar-refractivity contribution in [3.05, 3.63) is 59.9 Å². The smallest absolute Gasteiger partial charge is 0.232 e. The van der Waals surface area contributed by atoms with Crippen LogP contribution in [-0.4, -0.2) is 16.9 Å². The number of carbonyl (C=O) groups excluding carboxylic acids is 2. The highest BCUT2D eigenvalue weighted by Gasteiger charge is 2.23. The second-order valence-corrected chi connectivity index (χ2v) is 4.78. The molecule has 2 aromatic carbocycles. The third kappa shape index (κ3) is 3.82. The van der Waals surface area contributed by atoms with Gasteiger partial charge in [0.15, 0.2) is 0 Å². The number of hydrogen-bond donors (Lipinski definition) is 3. The Labute approximate surface area is 126 Å². The second kappa shape index (κ2) is 6.71. The van der Waals surface area contributed by atoms with E-state index in [2.05, 4.69) is 5.32 Å². The summed E-state index contributed by atoms with van der Waals surface area (Å²) in [4.78, 5) is 23.6. The highest BCUT2D eigenvalue weighted by Crippen LogP contribution is 2.27. The molecule has 2 rings (SSSR count). The fourth-order valence-corrected chi connectivity index (χ4v) is 2.08. The third-order valence-electron chi connectivity index (χ3n) is 3.14. The molecule has 6 heteroatoms. The third-order valence-corrected chi connectivity index (χ3v) is 3.14. The molecule has 0 spiro atoms. The largest absolute Gasteiger partial charge is 0.506 e. The fraction of sp³-hybridized carbons (Fsp3) is 0.125. The van der Waals surface area contributed by atoms with Crippen LogP contribution >= 0.6 is 0 Å². The van der Waals surface area contributed by atoms with E-state index in [-0.39, 0.29) is 17.9 Å². The number of rotatable bonds is 5. The lowest BCUT2D eigenvalue weighted by Gasteiger charge is -2.16. The number of phenols is 1. The number of nitrogens with one attached hydrogen (secondary N) is 1. The molecule has 0 bridgehead atoms. The molecule has 0 aliphatic carbocycles. The zero-order chi connectivity index (χ0) is 16.1. The van der Waals surface area contributed by atoms with Gasteiger partial charge in [0, 0.05) is 12.5 Å². The standard InChI is InChI=1S/C16H15FN2O3/c17-11-6-7-14(20)13(8-11)19-16(22)12(9-15(18)21)10-4-2-1-3-5-10/h1-8,12,20H,9H2,(H2,18,21)(H,19,22)/t12-/m1/s1. The van der Waals surface area contributed by atoms with Crippen molar-refractivity contribution in [3.8, 4) is 5.75 Å². The molecule has 0 saturated heterocycles. The van der Waals surface area contributed by atoms with E-state index in [9.17, 15) is 19.1 Å². The Bertz CT molecular complexity index is 689. The normalized spacial score (nSPS) is 11.7. The van der Waals surface area contributed by atoms with Crippen molar-refractivity contribution in [2.24, 2.45) is 5.73 Å². The lowest BCUT2D eigenvalue weighted by Crippen LogP contribution is -2.26. The van der Waals surface area contributed by atoms with E-state index in [1.54, 1.807) is 30.3 Å². The number of aromatic hydroxyl groups is 1. The maximum atomic E-state index is 13.2. The van der Waals surface area contributed by atoms with Crippen LogP contribution in [0.4, 0.5) is 10.1 Å². The molecule has 0 aromatic heterocycles. The molecule has 0 unspecified atom stereocenters. The van der Waals surface area contributed by atoms with Crippen molar-refractivity contribution >= 4 is 17.5 Å². The van der Waals surface area contributed by atoms with Gasteiger partial charge in [0.25, 0.3) is 0 Å². The molecular weight excluding hydrogens is 287 g/mol. The van der Waals surface area contributed by atoms with E-state index in [4.69, 9.17) is 5.73 Å². The molecule has 22 heavy (non-hydrogen) atoms. The molecule has 5 nitrogen and oxygen atoms in total. The van der Waals surface area contributed by atoms with E-state index in [0.717, 1.165) is 18.2 Å². The van der Waals surface area contributed by atoms with Crippen molar-refractivity contribution in [1.82, 2.24) is 0 Å². The molecule has 0 heterocycles. The lowest BCUT2D eigenvalue weighted by molar-refractivity contribution is -0.123. The second-order valence-electron chi connectivity index (χ2n) is 4.78. The number of carbonyl (C=O) groups is 2. The Morgan fingerprint density at radius 2 is 1.86 bits per heavy atom. The molecule has 0 aliphatic rings. The fourth-order valence-electron chi connectivity index (χ4n) is 2.08. The summed E-state index contributed by atoms with van der Waals surface area (Å²) in [6, 6.07) is 11.8. The highest BCUT2D eigenvalue weighted by atomic mass is 19.1. The monoisotopic (exact) mass is 302 g/mol. The number of anilines is 1. The van der Waals surface area contributed by atoms with Crippen molar-refractivity contribution in [2.45, 2.75) is 12.3 Å². The first-order valence-electron chi connectivity index (χ1n) is 6.60. The Morgan fingerprint density at radius 1 is 1.18 bits per heavy atom. The molecule has 0 aliphatic heterocycles. The van der Waals surface area contributed by atoms with Crippen LogP contribution in [0.15, 0.2) is 48.5 Å². The van der Waals surface area contributed by atoms with Crippen molar-refractivity contribution in [3.63, 3.8) is 0 Å². The number of primary amides is 1. The molecule has 0 saturated carbocycles. The number of amides is 2. The number of halogens is 1. The van der Waals surface area contributed by atoms with Gasteiger partial charge in [0.05, 0.1) is 11.6 Å². The maximum Gasteiger partial charge on any atom is 0.232 e. The topological polar surface area (TPSA) is 92.4 Å². The summed E-state index contributed by atoms with van der Waals surface area (Å²) >= 11 is 0. The maximum absolute atomic E-state index is 13.2. The first kappa shape index (κ1) is 15.5. The zero-order valence-corrected chi connectivity index (χ0v) is 11.6. The molecular formula is C16H15FN2O3. The van der Waals surface area contributed by atoms with Gasteiger partial charge in [-0.3, -0.25) is 9.59 Å². The number of nitrogens with two attached hydrogens (primary N) is 1. The first-order valence-corrected chi connectivity index (χ1v) is 6.60. The summed E-state index contributed by atoms with van der Waals surface area (Å²) in [6.45, 7) is 0. The summed E-state index contributed by atoms with van der Waals surface area (Å²) in [5, 5.41) is 12.1. The number of hydrogen-bond acceptors (Lipinski definition) is 3. The van der Waals surface area contributed by atoms with Crippen LogP contribution in [0.25, 0.3) is 0 Å².